The number of carbonyl (C=O) groups excluding carboxylic acids is 1. The number of nitrogens with zero attached hydrogens (tertiary/aromatic N) is 2. The first-order chi connectivity index (χ1) is 16.6. The fourth-order valence-electron chi connectivity index (χ4n) is 4.75. The van der Waals surface area contributed by atoms with E-state index >= 15 is 0 Å². The second-order valence-corrected chi connectivity index (χ2v) is 12.7. The molecule has 0 saturated carbocycles. The van der Waals surface area contributed by atoms with Gasteiger partial charge in [-0.05, 0) is 19.3 Å². The molecule has 6 nitrogen and oxygen atoms in total. The molecule has 0 saturated heterocycles. The molecule has 1 amide bonds. The van der Waals surface area contributed by atoms with E-state index in [2.05, 4.69) is 21.0 Å². The van der Waals surface area contributed by atoms with E-state index in [0.29, 0.717) is 13.1 Å². The molecule has 0 aliphatic rings. The van der Waals surface area contributed by atoms with Crippen molar-refractivity contribution < 1.29 is 22.2 Å². The Hall–Kier alpha value is -0.660. The Kier molecular flexibility index (Phi) is 21.0. The molecular formula is C28H58N2O4S. The van der Waals surface area contributed by atoms with Crippen molar-refractivity contribution in [2.24, 2.45) is 0 Å². The van der Waals surface area contributed by atoms with Crippen molar-refractivity contribution in [2.45, 2.75) is 129 Å². The number of amides is 1. The SMILES string of the molecule is CCCCCCCCCCCCCCCCCC[N+](C)(C)CCCN(CCCS(=O)(=O)[O-])C(C)=O. The first kappa shape index (κ1) is 34.3. The number of rotatable bonds is 25. The van der Waals surface area contributed by atoms with Gasteiger partial charge in [-0.2, -0.15) is 0 Å². The Morgan fingerprint density at radius 2 is 1.03 bits per heavy atom. The molecule has 0 fully saturated rings. The molecule has 7 heteroatoms. The standard InChI is InChI=1S/C28H58N2O4S/c1-5-6-7-8-9-10-11-12-13-14-15-16-17-18-19-20-25-30(3,4)26-21-23-29(28(2)31)24-22-27-35(32,33)34/h5-27H2,1-4H3. The Balaban J connectivity index is 3.64. The monoisotopic (exact) mass is 518 g/mol. The molecule has 0 bridgehead atoms. The van der Waals surface area contributed by atoms with Gasteiger partial charge in [0.15, 0.2) is 0 Å². The molecule has 0 aromatic rings. The summed E-state index contributed by atoms with van der Waals surface area (Å²) in [7, 11) is 0.276. The van der Waals surface area contributed by atoms with Crippen molar-refractivity contribution >= 4 is 16.0 Å². The highest BCUT2D eigenvalue weighted by molar-refractivity contribution is 7.85. The van der Waals surface area contributed by atoms with Crippen LogP contribution in [0.5, 0.6) is 0 Å². The fraction of sp³-hybridized carbons (Fsp3) is 0.964. The highest BCUT2D eigenvalue weighted by atomic mass is 32.2. The number of carbonyl (C=O) groups is 1. The van der Waals surface area contributed by atoms with Crippen LogP contribution < -0.4 is 0 Å². The normalized spacial score (nSPS) is 12.3. The van der Waals surface area contributed by atoms with Gasteiger partial charge in [-0.1, -0.05) is 96.8 Å². The summed E-state index contributed by atoms with van der Waals surface area (Å²) < 4.78 is 33.2. The summed E-state index contributed by atoms with van der Waals surface area (Å²) in [5, 5.41) is 0. The summed E-state index contributed by atoms with van der Waals surface area (Å²) in [5.74, 6) is -0.464. The fourth-order valence-corrected chi connectivity index (χ4v) is 5.23. The van der Waals surface area contributed by atoms with Crippen molar-refractivity contribution in [1.29, 1.82) is 0 Å². The van der Waals surface area contributed by atoms with E-state index in [0.717, 1.165) is 24.0 Å². The second kappa shape index (κ2) is 21.4. The molecule has 0 radical (unpaired) electrons. The molecule has 0 heterocycles. The molecule has 0 aliphatic heterocycles. The highest BCUT2D eigenvalue weighted by Crippen LogP contribution is 2.14. The van der Waals surface area contributed by atoms with Gasteiger partial charge in [-0.25, -0.2) is 8.42 Å². The van der Waals surface area contributed by atoms with Crippen LogP contribution in [0.25, 0.3) is 0 Å². The maximum atomic E-state index is 11.8. The lowest BCUT2D eigenvalue weighted by Crippen LogP contribution is -2.43. The molecule has 0 aliphatic carbocycles. The van der Waals surface area contributed by atoms with E-state index < -0.39 is 15.9 Å². The first-order valence-corrected chi connectivity index (χ1v) is 16.2. The van der Waals surface area contributed by atoms with Crippen molar-refractivity contribution in [1.82, 2.24) is 4.90 Å². The van der Waals surface area contributed by atoms with Crippen LogP contribution in [0.1, 0.15) is 129 Å². The number of hydrogen-bond donors (Lipinski definition) is 0. The summed E-state index contributed by atoms with van der Waals surface area (Å²) in [4.78, 5) is 13.5. The maximum absolute atomic E-state index is 11.8. The molecule has 35 heavy (non-hydrogen) atoms. The quantitative estimate of drug-likeness (QED) is 0.0785. The van der Waals surface area contributed by atoms with E-state index in [-0.39, 0.29) is 12.3 Å². The minimum absolute atomic E-state index is 0.0589. The van der Waals surface area contributed by atoms with Gasteiger partial charge in [0.2, 0.25) is 5.91 Å². The van der Waals surface area contributed by atoms with Gasteiger partial charge < -0.3 is 13.9 Å². The molecule has 0 atom stereocenters. The highest BCUT2D eigenvalue weighted by Gasteiger charge is 2.16. The number of hydrogen-bond acceptors (Lipinski definition) is 4. The number of quaternary nitrogens is 1. The largest absolute Gasteiger partial charge is 0.748 e. The Bertz CT molecular complexity index is 608. The lowest BCUT2D eigenvalue weighted by atomic mass is 10.0. The molecule has 0 N–H and O–H groups in total. The number of unbranched alkanes of at least 4 members (excludes halogenated alkanes) is 15. The lowest BCUT2D eigenvalue weighted by molar-refractivity contribution is -0.890. The topological polar surface area (TPSA) is 77.5 Å². The van der Waals surface area contributed by atoms with Crippen molar-refractivity contribution in [3.8, 4) is 0 Å². The zero-order valence-electron chi connectivity index (χ0n) is 23.7. The zero-order chi connectivity index (χ0) is 26.4. The maximum Gasteiger partial charge on any atom is 0.219 e. The van der Waals surface area contributed by atoms with Crippen molar-refractivity contribution in [2.75, 3.05) is 46.0 Å². The molecule has 0 rings (SSSR count). The van der Waals surface area contributed by atoms with E-state index in [1.165, 1.54) is 110 Å². The third kappa shape index (κ3) is 24.8. The van der Waals surface area contributed by atoms with Crippen LogP contribution in [0.4, 0.5) is 0 Å². The van der Waals surface area contributed by atoms with E-state index in [4.69, 9.17) is 0 Å². The van der Waals surface area contributed by atoms with E-state index in [1.54, 1.807) is 4.90 Å². The molecule has 0 aromatic heterocycles. The zero-order valence-corrected chi connectivity index (χ0v) is 24.5. The molecule has 0 unspecified atom stereocenters. The predicted molar refractivity (Wildman–Crippen MR) is 147 cm³/mol. The predicted octanol–water partition coefficient (Wildman–Crippen LogP) is 6.50. The average Bonchev–Trinajstić information content (AvgIpc) is 2.76. The minimum Gasteiger partial charge on any atom is -0.748 e. The smallest absolute Gasteiger partial charge is 0.219 e. The minimum atomic E-state index is -4.21. The van der Waals surface area contributed by atoms with Crippen LogP contribution >= 0.6 is 0 Å². The van der Waals surface area contributed by atoms with Gasteiger partial charge >= 0.3 is 0 Å². The van der Waals surface area contributed by atoms with E-state index in [9.17, 15) is 17.8 Å². The van der Waals surface area contributed by atoms with Gasteiger partial charge in [0, 0.05) is 32.2 Å². The average molecular weight is 519 g/mol. The molecular weight excluding hydrogens is 460 g/mol. The summed E-state index contributed by atoms with van der Waals surface area (Å²) in [6.07, 6.45) is 23.2. The second-order valence-electron chi connectivity index (χ2n) is 11.2. The van der Waals surface area contributed by atoms with Crippen molar-refractivity contribution in [3.05, 3.63) is 0 Å². The Morgan fingerprint density at radius 3 is 1.43 bits per heavy atom. The van der Waals surface area contributed by atoms with Gasteiger partial charge in [0.1, 0.15) is 0 Å². The van der Waals surface area contributed by atoms with E-state index in [1.807, 2.05) is 0 Å². The summed E-state index contributed by atoms with van der Waals surface area (Å²) in [5.41, 5.74) is 0. The first-order valence-electron chi connectivity index (χ1n) is 14.6. The third-order valence-corrected chi connectivity index (χ3v) is 7.86. The third-order valence-electron chi connectivity index (χ3n) is 7.08. The van der Waals surface area contributed by atoms with Crippen LogP contribution in [0, 0.1) is 0 Å². The lowest BCUT2D eigenvalue weighted by Gasteiger charge is -2.31. The Labute approximate surface area is 218 Å². The molecule has 0 spiro atoms. The Morgan fingerprint density at radius 1 is 0.657 bits per heavy atom. The van der Waals surface area contributed by atoms with Gasteiger partial charge in [0.25, 0.3) is 0 Å². The van der Waals surface area contributed by atoms with Crippen LogP contribution in [0.3, 0.4) is 0 Å². The van der Waals surface area contributed by atoms with Crippen molar-refractivity contribution in [3.63, 3.8) is 0 Å². The van der Waals surface area contributed by atoms with Gasteiger partial charge in [-0.3, -0.25) is 4.79 Å². The summed E-state index contributed by atoms with van der Waals surface area (Å²) in [6, 6.07) is 0. The summed E-state index contributed by atoms with van der Waals surface area (Å²) in [6.45, 7) is 6.87. The molecule has 210 valence electrons. The van der Waals surface area contributed by atoms with Gasteiger partial charge in [-0.15, -0.1) is 0 Å². The molecule has 0 aromatic carbocycles. The van der Waals surface area contributed by atoms with Gasteiger partial charge in [0.05, 0.1) is 37.3 Å². The van der Waals surface area contributed by atoms with Crippen LogP contribution in [-0.4, -0.2) is 74.3 Å². The van der Waals surface area contributed by atoms with Crippen LogP contribution in [0.15, 0.2) is 0 Å². The van der Waals surface area contributed by atoms with Crippen LogP contribution in [-0.2, 0) is 14.9 Å². The van der Waals surface area contributed by atoms with Crippen LogP contribution in [0.2, 0.25) is 0 Å². The summed E-state index contributed by atoms with van der Waals surface area (Å²) >= 11 is 0.